The third-order valence-electron chi connectivity index (χ3n) is 7.12. The van der Waals surface area contributed by atoms with E-state index in [0.717, 1.165) is 35.5 Å². The Morgan fingerprint density at radius 1 is 0.778 bits per heavy atom. The Labute approximate surface area is 112 Å². The van der Waals surface area contributed by atoms with Gasteiger partial charge < -0.3 is 5.73 Å². The zero-order valence-electron chi connectivity index (χ0n) is 11.7. The van der Waals surface area contributed by atoms with Crippen LogP contribution in [0.2, 0.25) is 0 Å². The standard InChI is InChI=1S/C17H29N/c18-17(15-10-11-7-8-14(15)9-11)16(12-3-1-4-12)13-5-2-6-13/h11-17H,1-10,18H2. The number of fused-ring (bicyclic) bond motifs is 2. The summed E-state index contributed by atoms with van der Waals surface area (Å²) in [7, 11) is 0. The molecular formula is C17H29N. The highest BCUT2D eigenvalue weighted by Gasteiger charge is 2.48. The van der Waals surface area contributed by atoms with Crippen molar-refractivity contribution in [1.82, 2.24) is 0 Å². The minimum Gasteiger partial charge on any atom is -0.327 e. The first kappa shape index (κ1) is 11.8. The zero-order chi connectivity index (χ0) is 12.1. The van der Waals surface area contributed by atoms with E-state index in [4.69, 9.17) is 5.73 Å². The molecule has 4 atom stereocenters. The molecule has 0 aromatic carbocycles. The molecule has 0 amide bonds. The van der Waals surface area contributed by atoms with Gasteiger partial charge in [-0.2, -0.15) is 0 Å². The van der Waals surface area contributed by atoms with Gasteiger partial charge in [-0.05, 0) is 54.8 Å². The van der Waals surface area contributed by atoms with E-state index < -0.39 is 0 Å². The smallest absolute Gasteiger partial charge is 0.0104 e. The Hall–Kier alpha value is -0.0400. The summed E-state index contributed by atoms with van der Waals surface area (Å²) in [5.41, 5.74) is 6.83. The SMILES string of the molecule is NC(C1CC2CCC1C2)C(C1CCC1)C1CCC1. The molecule has 0 aromatic rings. The lowest BCUT2D eigenvalue weighted by molar-refractivity contribution is 0.0430. The monoisotopic (exact) mass is 247 g/mol. The van der Waals surface area contributed by atoms with Crippen LogP contribution in [0.3, 0.4) is 0 Å². The summed E-state index contributed by atoms with van der Waals surface area (Å²) in [4.78, 5) is 0. The fourth-order valence-electron chi connectivity index (χ4n) is 5.71. The van der Waals surface area contributed by atoms with Gasteiger partial charge in [0.25, 0.3) is 0 Å². The second kappa shape index (κ2) is 4.51. The first-order valence-electron chi connectivity index (χ1n) is 8.58. The highest BCUT2D eigenvalue weighted by molar-refractivity contribution is 5.00. The molecule has 1 heteroatoms. The van der Waals surface area contributed by atoms with Crippen LogP contribution in [0.4, 0.5) is 0 Å². The van der Waals surface area contributed by atoms with E-state index in [1.165, 1.54) is 64.2 Å². The molecule has 4 unspecified atom stereocenters. The van der Waals surface area contributed by atoms with Gasteiger partial charge >= 0.3 is 0 Å². The minimum absolute atomic E-state index is 0.566. The van der Waals surface area contributed by atoms with Crippen LogP contribution in [0.5, 0.6) is 0 Å². The predicted molar refractivity (Wildman–Crippen MR) is 75.1 cm³/mol. The van der Waals surface area contributed by atoms with Crippen LogP contribution in [-0.4, -0.2) is 6.04 Å². The van der Waals surface area contributed by atoms with Crippen molar-refractivity contribution in [3.8, 4) is 0 Å². The number of hydrogen-bond donors (Lipinski definition) is 1. The van der Waals surface area contributed by atoms with Crippen LogP contribution in [0.1, 0.15) is 64.2 Å². The van der Waals surface area contributed by atoms with Crippen molar-refractivity contribution in [2.75, 3.05) is 0 Å². The van der Waals surface area contributed by atoms with E-state index in [2.05, 4.69) is 0 Å². The summed E-state index contributed by atoms with van der Waals surface area (Å²) in [5, 5.41) is 0. The molecule has 4 aliphatic carbocycles. The van der Waals surface area contributed by atoms with Crippen LogP contribution in [0, 0.1) is 35.5 Å². The van der Waals surface area contributed by atoms with Gasteiger partial charge in [0.2, 0.25) is 0 Å². The summed E-state index contributed by atoms with van der Waals surface area (Å²) in [6.07, 6.45) is 15.0. The quantitative estimate of drug-likeness (QED) is 0.799. The fourth-order valence-corrected chi connectivity index (χ4v) is 5.71. The summed E-state index contributed by atoms with van der Waals surface area (Å²) >= 11 is 0. The van der Waals surface area contributed by atoms with Crippen molar-refractivity contribution < 1.29 is 0 Å². The Kier molecular flexibility index (Phi) is 2.94. The molecule has 102 valence electrons. The summed E-state index contributed by atoms with van der Waals surface area (Å²) in [5.74, 6) is 5.95. The largest absolute Gasteiger partial charge is 0.327 e. The molecule has 4 rings (SSSR count). The van der Waals surface area contributed by atoms with Crippen LogP contribution < -0.4 is 5.73 Å². The highest BCUT2D eigenvalue weighted by atomic mass is 14.7. The zero-order valence-corrected chi connectivity index (χ0v) is 11.7. The molecule has 1 nitrogen and oxygen atoms in total. The van der Waals surface area contributed by atoms with Crippen LogP contribution in [0.25, 0.3) is 0 Å². The molecule has 0 spiro atoms. The van der Waals surface area contributed by atoms with Gasteiger partial charge in [0.1, 0.15) is 0 Å². The maximum absolute atomic E-state index is 6.83. The lowest BCUT2D eigenvalue weighted by atomic mass is 9.59. The van der Waals surface area contributed by atoms with E-state index in [1.54, 1.807) is 0 Å². The molecule has 0 aromatic heterocycles. The lowest BCUT2D eigenvalue weighted by Gasteiger charge is -2.48. The van der Waals surface area contributed by atoms with E-state index in [1.807, 2.05) is 0 Å². The molecule has 0 heterocycles. The van der Waals surface area contributed by atoms with Gasteiger partial charge in [0.15, 0.2) is 0 Å². The van der Waals surface area contributed by atoms with E-state index in [9.17, 15) is 0 Å². The summed E-state index contributed by atoms with van der Waals surface area (Å²) < 4.78 is 0. The molecule has 0 aliphatic heterocycles. The number of rotatable bonds is 4. The van der Waals surface area contributed by atoms with Gasteiger partial charge in [-0.15, -0.1) is 0 Å². The Morgan fingerprint density at radius 2 is 1.44 bits per heavy atom. The molecule has 4 aliphatic rings. The molecule has 0 radical (unpaired) electrons. The molecule has 2 bridgehead atoms. The Bertz CT molecular complexity index is 291. The molecule has 4 saturated carbocycles. The third-order valence-corrected chi connectivity index (χ3v) is 7.12. The maximum atomic E-state index is 6.83. The van der Waals surface area contributed by atoms with Crippen molar-refractivity contribution in [3.63, 3.8) is 0 Å². The Morgan fingerprint density at radius 3 is 1.83 bits per heavy atom. The fraction of sp³-hybridized carbons (Fsp3) is 1.00. The van der Waals surface area contributed by atoms with Crippen molar-refractivity contribution in [3.05, 3.63) is 0 Å². The van der Waals surface area contributed by atoms with Gasteiger partial charge in [0, 0.05) is 6.04 Å². The lowest BCUT2D eigenvalue weighted by Crippen LogP contribution is -2.49. The highest BCUT2D eigenvalue weighted by Crippen LogP contribution is 2.54. The topological polar surface area (TPSA) is 26.0 Å². The second-order valence-corrected chi connectivity index (χ2v) is 7.88. The second-order valence-electron chi connectivity index (χ2n) is 7.88. The van der Waals surface area contributed by atoms with Crippen molar-refractivity contribution >= 4 is 0 Å². The summed E-state index contributed by atoms with van der Waals surface area (Å²) in [6.45, 7) is 0. The number of hydrogen-bond acceptors (Lipinski definition) is 1. The molecule has 2 N–H and O–H groups in total. The minimum atomic E-state index is 0.566. The average Bonchev–Trinajstić information content (AvgIpc) is 2.83. The van der Waals surface area contributed by atoms with Gasteiger partial charge in [-0.3, -0.25) is 0 Å². The van der Waals surface area contributed by atoms with Crippen molar-refractivity contribution in [2.45, 2.75) is 70.3 Å². The van der Waals surface area contributed by atoms with Gasteiger partial charge in [-0.1, -0.05) is 44.9 Å². The van der Waals surface area contributed by atoms with Crippen molar-refractivity contribution in [2.24, 2.45) is 41.2 Å². The van der Waals surface area contributed by atoms with Gasteiger partial charge in [0.05, 0.1) is 0 Å². The van der Waals surface area contributed by atoms with Crippen LogP contribution >= 0.6 is 0 Å². The first-order chi connectivity index (χ1) is 8.83. The van der Waals surface area contributed by atoms with Crippen molar-refractivity contribution in [1.29, 1.82) is 0 Å². The molecular weight excluding hydrogens is 218 g/mol. The van der Waals surface area contributed by atoms with E-state index in [0.29, 0.717) is 6.04 Å². The first-order valence-corrected chi connectivity index (χ1v) is 8.58. The maximum Gasteiger partial charge on any atom is 0.0104 e. The molecule has 4 fully saturated rings. The summed E-state index contributed by atoms with van der Waals surface area (Å²) in [6, 6.07) is 0.566. The third kappa shape index (κ3) is 1.77. The Balaban J connectivity index is 1.48. The normalized spacial score (nSPS) is 42.0. The van der Waals surface area contributed by atoms with Gasteiger partial charge in [-0.25, -0.2) is 0 Å². The van der Waals surface area contributed by atoms with Crippen LogP contribution in [0.15, 0.2) is 0 Å². The molecule has 0 saturated heterocycles. The number of nitrogens with two attached hydrogens (primary N) is 1. The molecule has 18 heavy (non-hydrogen) atoms. The van der Waals surface area contributed by atoms with E-state index in [-0.39, 0.29) is 0 Å². The predicted octanol–water partition coefficient (Wildman–Crippen LogP) is 3.97. The van der Waals surface area contributed by atoms with Crippen LogP contribution in [-0.2, 0) is 0 Å². The van der Waals surface area contributed by atoms with E-state index >= 15 is 0 Å². The average molecular weight is 247 g/mol.